The maximum atomic E-state index is 13.8. The van der Waals surface area contributed by atoms with Crippen LogP contribution in [0.5, 0.6) is 5.75 Å². The maximum absolute atomic E-state index is 13.8. The number of hydrogen-bond donors (Lipinski definition) is 3. The Balaban J connectivity index is 2.11. The van der Waals surface area contributed by atoms with E-state index >= 15 is 0 Å². The third-order valence-electron chi connectivity index (χ3n) is 4.94. The van der Waals surface area contributed by atoms with Gasteiger partial charge in [0.2, 0.25) is 0 Å². The van der Waals surface area contributed by atoms with Crippen molar-refractivity contribution in [2.75, 3.05) is 37.9 Å². The van der Waals surface area contributed by atoms with Crippen molar-refractivity contribution in [3.05, 3.63) is 41.2 Å². The van der Waals surface area contributed by atoms with Crippen molar-refractivity contribution < 1.29 is 17.9 Å². The molecular formula is C20H22F3N5O. The molecule has 0 amide bonds. The number of nitrogens with zero attached hydrogens (tertiary/aromatic N) is 2. The summed E-state index contributed by atoms with van der Waals surface area (Å²) in [5, 5.41) is 18.2. The van der Waals surface area contributed by atoms with Gasteiger partial charge < -0.3 is 20.7 Å². The standard InChI is InChI=1S/C20H22F3N5O/c1-25-19-15(12-4-3-5-26-10-12)6-13(7-16(19)20(21,22)23)28-17-8-14(29-2)11-27-18(17)9-24/h6-8,11-12,25-26,28H,3-5,10H2,1-2H3. The molecule has 3 N–H and O–H groups in total. The Kier molecular flexibility index (Phi) is 6.13. The van der Waals surface area contributed by atoms with Crippen LogP contribution in [-0.2, 0) is 6.18 Å². The van der Waals surface area contributed by atoms with Gasteiger partial charge in [-0.05, 0) is 43.0 Å². The van der Waals surface area contributed by atoms with Gasteiger partial charge in [-0.3, -0.25) is 0 Å². The summed E-state index contributed by atoms with van der Waals surface area (Å²) in [5.74, 6) is 0.346. The van der Waals surface area contributed by atoms with Crippen LogP contribution in [0.25, 0.3) is 0 Å². The number of benzene rings is 1. The molecule has 1 atom stereocenters. The largest absolute Gasteiger partial charge is 0.495 e. The van der Waals surface area contributed by atoms with Crippen LogP contribution >= 0.6 is 0 Å². The van der Waals surface area contributed by atoms with Gasteiger partial charge in [-0.15, -0.1) is 0 Å². The second-order valence-electron chi connectivity index (χ2n) is 6.79. The minimum atomic E-state index is -4.53. The fourth-order valence-corrected chi connectivity index (χ4v) is 3.58. The summed E-state index contributed by atoms with van der Waals surface area (Å²) in [7, 11) is 2.95. The second-order valence-corrected chi connectivity index (χ2v) is 6.79. The van der Waals surface area contributed by atoms with Crippen LogP contribution in [0, 0.1) is 11.3 Å². The Morgan fingerprint density at radius 1 is 1.31 bits per heavy atom. The normalized spacial score (nSPS) is 16.8. The number of methoxy groups -OCH3 is 1. The number of piperidine rings is 1. The summed E-state index contributed by atoms with van der Waals surface area (Å²) in [6.45, 7) is 1.47. The minimum Gasteiger partial charge on any atom is -0.495 e. The van der Waals surface area contributed by atoms with E-state index < -0.39 is 11.7 Å². The Labute approximate surface area is 167 Å². The summed E-state index contributed by atoms with van der Waals surface area (Å²) < 4.78 is 46.5. The van der Waals surface area contributed by atoms with E-state index in [0.29, 0.717) is 17.9 Å². The first kappa shape index (κ1) is 20.7. The number of anilines is 3. The number of ether oxygens (including phenoxy) is 1. The smallest absolute Gasteiger partial charge is 0.418 e. The number of halogens is 3. The molecule has 1 aromatic heterocycles. The van der Waals surface area contributed by atoms with Crippen LogP contribution < -0.4 is 20.7 Å². The van der Waals surface area contributed by atoms with Gasteiger partial charge in [0.15, 0.2) is 5.69 Å². The van der Waals surface area contributed by atoms with Gasteiger partial charge in [0, 0.05) is 31.0 Å². The maximum Gasteiger partial charge on any atom is 0.418 e. The van der Waals surface area contributed by atoms with Crippen molar-refractivity contribution in [3.8, 4) is 11.8 Å². The average molecular weight is 405 g/mol. The highest BCUT2D eigenvalue weighted by atomic mass is 19.4. The van der Waals surface area contributed by atoms with Crippen LogP contribution in [0.3, 0.4) is 0 Å². The highest BCUT2D eigenvalue weighted by Crippen LogP contribution is 2.43. The van der Waals surface area contributed by atoms with Gasteiger partial charge in [-0.25, -0.2) is 4.98 Å². The molecule has 29 heavy (non-hydrogen) atoms. The number of rotatable bonds is 5. The van der Waals surface area contributed by atoms with E-state index in [9.17, 15) is 18.4 Å². The highest BCUT2D eigenvalue weighted by Gasteiger charge is 2.36. The molecular weight excluding hydrogens is 383 g/mol. The van der Waals surface area contributed by atoms with Crippen molar-refractivity contribution in [2.24, 2.45) is 0 Å². The van der Waals surface area contributed by atoms with Gasteiger partial charge >= 0.3 is 6.18 Å². The Morgan fingerprint density at radius 2 is 2.10 bits per heavy atom. The molecule has 1 unspecified atom stereocenters. The third-order valence-corrected chi connectivity index (χ3v) is 4.94. The summed E-state index contributed by atoms with van der Waals surface area (Å²) >= 11 is 0. The van der Waals surface area contributed by atoms with Crippen molar-refractivity contribution >= 4 is 17.1 Å². The molecule has 0 spiro atoms. The summed E-state index contributed by atoms with van der Waals surface area (Å²) in [6, 6.07) is 6.23. The van der Waals surface area contributed by atoms with Crippen molar-refractivity contribution in [1.82, 2.24) is 10.3 Å². The minimum absolute atomic E-state index is 0.0482. The molecule has 0 aliphatic carbocycles. The van der Waals surface area contributed by atoms with E-state index in [2.05, 4.69) is 20.9 Å². The van der Waals surface area contributed by atoms with Gasteiger partial charge in [-0.2, -0.15) is 18.4 Å². The molecule has 9 heteroatoms. The van der Waals surface area contributed by atoms with Gasteiger partial charge in [0.05, 0.1) is 24.6 Å². The first-order valence-corrected chi connectivity index (χ1v) is 9.22. The van der Waals surface area contributed by atoms with Crippen molar-refractivity contribution in [1.29, 1.82) is 5.26 Å². The van der Waals surface area contributed by atoms with E-state index in [1.807, 2.05) is 6.07 Å². The lowest BCUT2D eigenvalue weighted by Gasteiger charge is -2.28. The molecule has 1 saturated heterocycles. The van der Waals surface area contributed by atoms with E-state index in [0.717, 1.165) is 25.5 Å². The fraction of sp³-hybridized carbons (Fsp3) is 0.400. The van der Waals surface area contributed by atoms with E-state index in [1.165, 1.54) is 26.4 Å². The molecule has 3 rings (SSSR count). The van der Waals surface area contributed by atoms with Crippen LogP contribution in [0.4, 0.5) is 30.2 Å². The molecule has 6 nitrogen and oxygen atoms in total. The lowest BCUT2D eigenvalue weighted by molar-refractivity contribution is -0.136. The zero-order chi connectivity index (χ0) is 21.0. The quantitative estimate of drug-likeness (QED) is 0.691. The Bertz CT molecular complexity index is 918. The van der Waals surface area contributed by atoms with E-state index in [1.54, 1.807) is 6.07 Å². The number of alkyl halides is 3. The van der Waals surface area contributed by atoms with Gasteiger partial charge in [0.1, 0.15) is 11.8 Å². The Hall–Kier alpha value is -2.99. The van der Waals surface area contributed by atoms with Crippen molar-refractivity contribution in [2.45, 2.75) is 24.9 Å². The van der Waals surface area contributed by atoms with Crippen LogP contribution in [0.2, 0.25) is 0 Å². The number of nitrogens with one attached hydrogen (secondary N) is 3. The van der Waals surface area contributed by atoms with E-state index in [-0.39, 0.29) is 28.7 Å². The average Bonchev–Trinajstić information content (AvgIpc) is 2.73. The molecule has 0 saturated carbocycles. The number of aromatic nitrogens is 1. The van der Waals surface area contributed by atoms with Gasteiger partial charge in [-0.1, -0.05) is 0 Å². The monoisotopic (exact) mass is 405 g/mol. The Morgan fingerprint density at radius 3 is 2.69 bits per heavy atom. The first-order chi connectivity index (χ1) is 13.9. The van der Waals surface area contributed by atoms with Crippen LogP contribution in [0.1, 0.15) is 35.6 Å². The summed E-state index contributed by atoms with van der Waals surface area (Å²) in [4.78, 5) is 3.99. The van der Waals surface area contributed by atoms with E-state index in [4.69, 9.17) is 4.74 Å². The molecule has 1 aliphatic rings. The fourth-order valence-electron chi connectivity index (χ4n) is 3.58. The zero-order valence-electron chi connectivity index (χ0n) is 16.2. The lowest BCUT2D eigenvalue weighted by Crippen LogP contribution is -2.29. The summed E-state index contributed by atoms with van der Waals surface area (Å²) in [5.41, 5.74) is 0.513. The lowest BCUT2D eigenvalue weighted by atomic mass is 9.88. The molecule has 1 aromatic carbocycles. The van der Waals surface area contributed by atoms with Crippen LogP contribution in [0.15, 0.2) is 24.4 Å². The molecule has 0 bridgehead atoms. The molecule has 0 radical (unpaired) electrons. The SMILES string of the molecule is CNc1c(C2CCCNC2)cc(Nc2cc(OC)cnc2C#N)cc1C(F)(F)F. The molecule has 154 valence electrons. The number of hydrogen-bond acceptors (Lipinski definition) is 6. The molecule has 2 aromatic rings. The molecule has 1 aliphatic heterocycles. The number of pyridine rings is 1. The van der Waals surface area contributed by atoms with Gasteiger partial charge in [0.25, 0.3) is 0 Å². The molecule has 2 heterocycles. The summed E-state index contributed by atoms with van der Waals surface area (Å²) in [6.07, 6.45) is -1.45. The highest BCUT2D eigenvalue weighted by molar-refractivity contribution is 5.72. The predicted molar refractivity (Wildman–Crippen MR) is 105 cm³/mol. The predicted octanol–water partition coefficient (Wildman–Crippen LogP) is 4.23. The number of nitriles is 1. The first-order valence-electron chi connectivity index (χ1n) is 9.22. The third kappa shape index (κ3) is 4.54. The topological polar surface area (TPSA) is 82.0 Å². The molecule has 1 fully saturated rings. The zero-order valence-corrected chi connectivity index (χ0v) is 16.2. The van der Waals surface area contributed by atoms with Crippen molar-refractivity contribution in [3.63, 3.8) is 0 Å². The van der Waals surface area contributed by atoms with Crippen LogP contribution in [-0.4, -0.2) is 32.2 Å². The second kappa shape index (κ2) is 8.57.